The minimum Gasteiger partial charge on any atom is -0.469 e. The number of esters is 1. The maximum atomic E-state index is 12.7. The lowest BCUT2D eigenvalue weighted by atomic mass is 9.92. The Bertz CT molecular complexity index is 628. The summed E-state index contributed by atoms with van der Waals surface area (Å²) in [6.07, 6.45) is 1.33. The second-order valence-corrected chi connectivity index (χ2v) is 5.28. The minimum absolute atomic E-state index is 0.00733. The van der Waals surface area contributed by atoms with E-state index in [9.17, 15) is 14.4 Å². The van der Waals surface area contributed by atoms with Crippen LogP contribution in [0.5, 0.6) is 0 Å². The molecule has 110 valence electrons. The summed E-state index contributed by atoms with van der Waals surface area (Å²) in [6.45, 7) is 0.0429. The van der Waals surface area contributed by atoms with Gasteiger partial charge < -0.3 is 10.1 Å². The van der Waals surface area contributed by atoms with Gasteiger partial charge in [-0.15, -0.1) is 0 Å². The van der Waals surface area contributed by atoms with Crippen molar-refractivity contribution in [1.29, 1.82) is 0 Å². The van der Waals surface area contributed by atoms with E-state index in [1.807, 2.05) is 24.3 Å². The van der Waals surface area contributed by atoms with Gasteiger partial charge in [-0.1, -0.05) is 24.3 Å². The van der Waals surface area contributed by atoms with Crippen molar-refractivity contribution < 1.29 is 19.1 Å². The second-order valence-electron chi connectivity index (χ2n) is 5.28. The number of hydrogen-bond donors (Lipinski definition) is 1. The molecule has 0 unspecified atom stereocenters. The third-order valence-electron chi connectivity index (χ3n) is 4.19. The first-order valence-electron chi connectivity index (χ1n) is 6.88. The fraction of sp³-hybridized carbons (Fsp3) is 0.400. The lowest BCUT2D eigenvalue weighted by molar-refractivity contribution is -0.141. The molecule has 1 spiro atoms. The van der Waals surface area contributed by atoms with Crippen molar-refractivity contribution in [2.45, 2.75) is 24.8 Å². The molecule has 3 rings (SSSR count). The molecule has 1 aromatic carbocycles. The van der Waals surface area contributed by atoms with Crippen LogP contribution in [0.25, 0.3) is 0 Å². The Morgan fingerprint density at radius 1 is 1.38 bits per heavy atom. The van der Waals surface area contributed by atoms with Gasteiger partial charge in [-0.25, -0.2) is 4.79 Å². The Labute approximate surface area is 122 Å². The topological polar surface area (TPSA) is 75.7 Å². The quantitative estimate of drug-likeness (QED) is 0.663. The van der Waals surface area contributed by atoms with E-state index in [1.165, 1.54) is 7.11 Å². The molecule has 6 nitrogen and oxygen atoms in total. The number of fused-ring (bicyclic) bond motifs is 2. The first kappa shape index (κ1) is 13.6. The monoisotopic (exact) mass is 288 g/mol. The summed E-state index contributed by atoms with van der Waals surface area (Å²) >= 11 is 0. The van der Waals surface area contributed by atoms with E-state index in [-0.39, 0.29) is 18.9 Å². The van der Waals surface area contributed by atoms with Crippen LogP contribution in [0.4, 0.5) is 4.79 Å². The molecule has 2 aliphatic rings. The van der Waals surface area contributed by atoms with Crippen LogP contribution in [0.2, 0.25) is 0 Å². The van der Waals surface area contributed by atoms with Crippen LogP contribution in [0, 0.1) is 0 Å². The highest BCUT2D eigenvalue weighted by Gasteiger charge is 2.55. The molecule has 0 bridgehead atoms. The van der Waals surface area contributed by atoms with Crippen molar-refractivity contribution in [2.75, 3.05) is 13.7 Å². The molecule has 1 fully saturated rings. The van der Waals surface area contributed by atoms with Crippen molar-refractivity contribution in [2.24, 2.45) is 0 Å². The highest BCUT2D eigenvalue weighted by molar-refractivity contribution is 6.08. The maximum absolute atomic E-state index is 12.7. The fourth-order valence-electron chi connectivity index (χ4n) is 3.10. The molecule has 1 aromatic rings. The number of hydrogen-bond acceptors (Lipinski definition) is 4. The number of nitrogens with zero attached hydrogens (tertiary/aromatic N) is 1. The van der Waals surface area contributed by atoms with Gasteiger partial charge >= 0.3 is 12.0 Å². The zero-order valence-electron chi connectivity index (χ0n) is 11.7. The Balaban J connectivity index is 1.86. The lowest BCUT2D eigenvalue weighted by Crippen LogP contribution is -2.42. The second kappa shape index (κ2) is 4.87. The fourth-order valence-corrected chi connectivity index (χ4v) is 3.10. The summed E-state index contributed by atoms with van der Waals surface area (Å²) in [5.41, 5.74) is 0.994. The van der Waals surface area contributed by atoms with Crippen LogP contribution >= 0.6 is 0 Å². The Morgan fingerprint density at radius 2 is 2.14 bits per heavy atom. The highest BCUT2D eigenvalue weighted by atomic mass is 16.5. The summed E-state index contributed by atoms with van der Waals surface area (Å²) in [5.74, 6) is -0.718. The molecule has 21 heavy (non-hydrogen) atoms. The van der Waals surface area contributed by atoms with Crippen LogP contribution < -0.4 is 5.32 Å². The van der Waals surface area contributed by atoms with E-state index >= 15 is 0 Å². The molecule has 1 heterocycles. The minimum atomic E-state index is -0.955. The maximum Gasteiger partial charge on any atom is 0.325 e. The first-order valence-corrected chi connectivity index (χ1v) is 6.88. The van der Waals surface area contributed by atoms with Gasteiger partial charge in [0.05, 0.1) is 13.5 Å². The van der Waals surface area contributed by atoms with Crippen LogP contribution in [-0.4, -0.2) is 36.5 Å². The summed E-state index contributed by atoms with van der Waals surface area (Å²) < 4.78 is 4.55. The van der Waals surface area contributed by atoms with E-state index in [0.29, 0.717) is 6.42 Å². The smallest absolute Gasteiger partial charge is 0.325 e. The predicted molar refractivity (Wildman–Crippen MR) is 73.3 cm³/mol. The number of carbonyl (C=O) groups excluding carboxylic acids is 3. The molecule has 6 heteroatoms. The van der Waals surface area contributed by atoms with Crippen LogP contribution in [0.1, 0.15) is 24.0 Å². The van der Waals surface area contributed by atoms with E-state index < -0.39 is 17.5 Å². The molecule has 0 aromatic heterocycles. The SMILES string of the molecule is COC(=O)CCN1C(=O)N[C@@]2(CCc3ccccc32)C1=O. The third kappa shape index (κ3) is 1.98. The van der Waals surface area contributed by atoms with Crippen LogP contribution in [0.15, 0.2) is 24.3 Å². The lowest BCUT2D eigenvalue weighted by Gasteiger charge is -2.22. The highest BCUT2D eigenvalue weighted by Crippen LogP contribution is 2.41. The molecule has 1 atom stereocenters. The molecule has 1 aliphatic carbocycles. The number of aryl methyl sites for hydroxylation is 1. The third-order valence-corrected chi connectivity index (χ3v) is 4.19. The number of ether oxygens (including phenoxy) is 1. The molecule has 1 N–H and O–H groups in total. The van der Waals surface area contributed by atoms with Gasteiger partial charge in [-0.3, -0.25) is 14.5 Å². The van der Waals surface area contributed by atoms with E-state index in [4.69, 9.17) is 0 Å². The summed E-state index contributed by atoms with van der Waals surface area (Å²) in [5, 5.41) is 2.81. The average Bonchev–Trinajstić information content (AvgIpc) is 2.98. The van der Waals surface area contributed by atoms with Gasteiger partial charge in [0.2, 0.25) is 0 Å². The number of urea groups is 1. The normalized spacial score (nSPS) is 23.4. The van der Waals surface area contributed by atoms with Crippen molar-refractivity contribution >= 4 is 17.9 Å². The molecule has 0 radical (unpaired) electrons. The molecule has 1 aliphatic heterocycles. The largest absolute Gasteiger partial charge is 0.469 e. The number of nitrogens with one attached hydrogen (secondary N) is 1. The Hall–Kier alpha value is -2.37. The number of benzene rings is 1. The number of rotatable bonds is 3. The summed E-state index contributed by atoms with van der Waals surface area (Å²) in [7, 11) is 1.28. The number of carbonyl (C=O) groups is 3. The molecule has 1 saturated heterocycles. The van der Waals surface area contributed by atoms with Gasteiger partial charge in [0.1, 0.15) is 5.54 Å². The van der Waals surface area contributed by atoms with Crippen molar-refractivity contribution in [1.82, 2.24) is 10.2 Å². The zero-order valence-corrected chi connectivity index (χ0v) is 11.7. The van der Waals surface area contributed by atoms with Gasteiger partial charge in [0.25, 0.3) is 5.91 Å². The molecule has 3 amide bonds. The van der Waals surface area contributed by atoms with E-state index in [2.05, 4.69) is 10.1 Å². The summed E-state index contributed by atoms with van der Waals surface area (Å²) in [6, 6.07) is 7.20. The standard InChI is InChI=1S/C15H16N2O4/c1-21-12(18)7-9-17-13(19)15(16-14(17)20)8-6-10-4-2-3-5-11(10)15/h2-5H,6-9H2,1H3,(H,16,20)/t15-/m1/s1. The van der Waals surface area contributed by atoms with Gasteiger partial charge in [-0.05, 0) is 24.0 Å². The van der Waals surface area contributed by atoms with Gasteiger partial charge in [0.15, 0.2) is 0 Å². The number of methoxy groups -OCH3 is 1. The van der Waals surface area contributed by atoms with Crippen LogP contribution in [-0.2, 0) is 26.3 Å². The van der Waals surface area contributed by atoms with E-state index in [0.717, 1.165) is 22.4 Å². The van der Waals surface area contributed by atoms with Gasteiger partial charge in [-0.2, -0.15) is 0 Å². The zero-order chi connectivity index (χ0) is 15.0. The predicted octanol–water partition coefficient (Wildman–Crippen LogP) is 0.943. The molecule has 0 saturated carbocycles. The van der Waals surface area contributed by atoms with Crippen molar-refractivity contribution in [3.8, 4) is 0 Å². The Morgan fingerprint density at radius 3 is 2.90 bits per heavy atom. The molecular formula is C15H16N2O4. The molecular weight excluding hydrogens is 272 g/mol. The average molecular weight is 288 g/mol. The van der Waals surface area contributed by atoms with E-state index in [1.54, 1.807) is 0 Å². The first-order chi connectivity index (χ1) is 10.1. The van der Waals surface area contributed by atoms with Gasteiger partial charge in [0, 0.05) is 6.54 Å². The Kier molecular flexibility index (Phi) is 3.16. The van der Waals surface area contributed by atoms with Crippen molar-refractivity contribution in [3.63, 3.8) is 0 Å². The number of amides is 3. The van der Waals surface area contributed by atoms with Crippen molar-refractivity contribution in [3.05, 3.63) is 35.4 Å². The summed E-state index contributed by atoms with van der Waals surface area (Å²) in [4.78, 5) is 37.1. The van der Waals surface area contributed by atoms with Crippen LogP contribution in [0.3, 0.4) is 0 Å². The number of imide groups is 1.